The highest BCUT2D eigenvalue weighted by atomic mass is 19.4. The van der Waals surface area contributed by atoms with E-state index in [0.29, 0.717) is 0 Å². The minimum atomic E-state index is -4.65. The third-order valence-corrected chi connectivity index (χ3v) is 2.74. The number of halogens is 4. The van der Waals surface area contributed by atoms with Crippen LogP contribution in [-0.2, 0) is 12.6 Å². The molecule has 0 saturated heterocycles. The predicted molar refractivity (Wildman–Crippen MR) is 63.7 cm³/mol. The van der Waals surface area contributed by atoms with Crippen LogP contribution in [0.1, 0.15) is 21.5 Å². The van der Waals surface area contributed by atoms with E-state index in [1.54, 1.807) is 0 Å². The summed E-state index contributed by atoms with van der Waals surface area (Å²) in [6.07, 6.45) is -3.28. The number of pyridine rings is 1. The Morgan fingerprint density at radius 1 is 1.15 bits per heavy atom. The van der Waals surface area contributed by atoms with Gasteiger partial charge in [-0.2, -0.15) is 13.2 Å². The van der Waals surface area contributed by atoms with Gasteiger partial charge in [0.05, 0.1) is 5.56 Å². The lowest BCUT2D eigenvalue weighted by atomic mass is 10.00. The van der Waals surface area contributed by atoms with Crippen LogP contribution in [0.15, 0.2) is 42.7 Å². The molecule has 0 unspecified atom stereocenters. The van der Waals surface area contributed by atoms with Crippen molar-refractivity contribution in [1.82, 2.24) is 4.98 Å². The number of nitrogens with zero attached hydrogens (tertiary/aromatic N) is 1. The van der Waals surface area contributed by atoms with Gasteiger partial charge in [-0.25, -0.2) is 4.39 Å². The summed E-state index contributed by atoms with van der Waals surface area (Å²) in [7, 11) is 0. The number of rotatable bonds is 3. The summed E-state index contributed by atoms with van der Waals surface area (Å²) >= 11 is 0. The Hall–Kier alpha value is -2.24. The zero-order valence-electron chi connectivity index (χ0n) is 10.1. The van der Waals surface area contributed by atoms with Gasteiger partial charge in [0.15, 0.2) is 5.78 Å². The van der Waals surface area contributed by atoms with Gasteiger partial charge in [-0.15, -0.1) is 0 Å². The fraction of sp³-hybridized carbons (Fsp3) is 0.143. The van der Waals surface area contributed by atoms with E-state index in [4.69, 9.17) is 0 Å². The first-order chi connectivity index (χ1) is 9.39. The molecular formula is C14H9F4NO. The molecule has 1 aromatic carbocycles. The zero-order valence-corrected chi connectivity index (χ0v) is 10.1. The minimum absolute atomic E-state index is 0.0504. The van der Waals surface area contributed by atoms with Crippen LogP contribution in [0.25, 0.3) is 0 Å². The highest BCUT2D eigenvalue weighted by molar-refractivity contribution is 5.98. The lowest BCUT2D eigenvalue weighted by Gasteiger charge is -2.11. The molecule has 1 heterocycles. The first kappa shape index (κ1) is 14.2. The highest BCUT2D eigenvalue weighted by Gasteiger charge is 2.35. The van der Waals surface area contributed by atoms with Crippen molar-refractivity contribution in [3.8, 4) is 0 Å². The second-order valence-electron chi connectivity index (χ2n) is 4.11. The van der Waals surface area contributed by atoms with Crippen molar-refractivity contribution in [3.05, 3.63) is 65.2 Å². The maximum Gasteiger partial charge on any atom is 0.417 e. The Balaban J connectivity index is 2.34. The van der Waals surface area contributed by atoms with Crippen molar-refractivity contribution in [2.75, 3.05) is 0 Å². The van der Waals surface area contributed by atoms with Crippen molar-refractivity contribution in [2.24, 2.45) is 0 Å². The van der Waals surface area contributed by atoms with Crippen molar-refractivity contribution in [3.63, 3.8) is 0 Å². The summed E-state index contributed by atoms with van der Waals surface area (Å²) < 4.78 is 51.7. The fourth-order valence-corrected chi connectivity index (χ4v) is 1.77. The Kier molecular flexibility index (Phi) is 3.83. The van der Waals surface area contributed by atoms with E-state index in [1.165, 1.54) is 18.2 Å². The molecule has 0 aliphatic heterocycles. The van der Waals surface area contributed by atoms with Gasteiger partial charge in [0, 0.05) is 24.4 Å². The molecule has 1 aromatic heterocycles. The average Bonchev–Trinajstić information content (AvgIpc) is 2.40. The number of benzene rings is 1. The number of carbonyl (C=O) groups excluding carboxylic acids is 1. The SMILES string of the molecule is O=C(Cc1ccccc1F)c1cnccc1C(F)(F)F. The topological polar surface area (TPSA) is 30.0 Å². The quantitative estimate of drug-likeness (QED) is 0.635. The van der Waals surface area contributed by atoms with Crippen molar-refractivity contribution in [2.45, 2.75) is 12.6 Å². The molecule has 20 heavy (non-hydrogen) atoms. The van der Waals surface area contributed by atoms with Gasteiger partial charge in [0.25, 0.3) is 0 Å². The minimum Gasteiger partial charge on any atom is -0.294 e. The summed E-state index contributed by atoms with van der Waals surface area (Å²) in [5, 5.41) is 0. The second kappa shape index (κ2) is 5.40. The smallest absolute Gasteiger partial charge is 0.294 e. The van der Waals surface area contributed by atoms with Crippen LogP contribution < -0.4 is 0 Å². The maximum absolute atomic E-state index is 13.4. The molecule has 0 fully saturated rings. The Morgan fingerprint density at radius 2 is 1.85 bits per heavy atom. The maximum atomic E-state index is 13.4. The molecule has 0 spiro atoms. The molecule has 0 N–H and O–H groups in total. The van der Waals surface area contributed by atoms with E-state index in [0.717, 1.165) is 24.5 Å². The van der Waals surface area contributed by atoms with Gasteiger partial charge >= 0.3 is 6.18 Å². The molecule has 6 heteroatoms. The largest absolute Gasteiger partial charge is 0.417 e. The summed E-state index contributed by atoms with van der Waals surface area (Å²) in [4.78, 5) is 15.5. The summed E-state index contributed by atoms with van der Waals surface area (Å²) in [5.74, 6) is -1.45. The van der Waals surface area contributed by atoms with Gasteiger partial charge in [-0.05, 0) is 17.7 Å². The summed E-state index contributed by atoms with van der Waals surface area (Å²) in [5.41, 5.74) is -1.56. The zero-order chi connectivity index (χ0) is 14.8. The fourth-order valence-electron chi connectivity index (χ4n) is 1.77. The Morgan fingerprint density at radius 3 is 2.50 bits per heavy atom. The number of Topliss-reactive ketones (excluding diaryl/α,β-unsaturated/α-hetero) is 1. The van der Waals surface area contributed by atoms with Gasteiger partial charge in [-0.1, -0.05) is 18.2 Å². The van der Waals surface area contributed by atoms with Crippen LogP contribution in [0.2, 0.25) is 0 Å². The van der Waals surface area contributed by atoms with Crippen LogP contribution in [0, 0.1) is 5.82 Å². The Labute approximate surface area is 112 Å². The first-order valence-electron chi connectivity index (χ1n) is 5.67. The van der Waals surface area contributed by atoms with Crippen molar-refractivity contribution < 1.29 is 22.4 Å². The van der Waals surface area contributed by atoms with Crippen molar-refractivity contribution in [1.29, 1.82) is 0 Å². The lowest BCUT2D eigenvalue weighted by Crippen LogP contribution is -2.15. The summed E-state index contributed by atoms with van der Waals surface area (Å²) in [6, 6.07) is 6.19. The number of aromatic nitrogens is 1. The first-order valence-corrected chi connectivity index (χ1v) is 5.67. The molecule has 2 aromatic rings. The van der Waals surface area contributed by atoms with E-state index in [1.807, 2.05) is 0 Å². The monoisotopic (exact) mass is 283 g/mol. The standard InChI is InChI=1S/C14H9F4NO/c15-12-4-2-1-3-9(12)7-13(20)10-8-19-6-5-11(10)14(16,17)18/h1-6,8H,7H2. The van der Waals surface area contributed by atoms with Crippen LogP contribution in [0.5, 0.6) is 0 Å². The normalized spacial score (nSPS) is 11.4. The summed E-state index contributed by atoms with van der Waals surface area (Å²) in [6.45, 7) is 0. The van der Waals surface area contributed by atoms with Gasteiger partial charge in [0.2, 0.25) is 0 Å². The number of alkyl halides is 3. The Bertz CT molecular complexity index is 637. The van der Waals surface area contributed by atoms with E-state index < -0.39 is 35.3 Å². The molecule has 0 saturated carbocycles. The number of carbonyl (C=O) groups is 1. The number of ketones is 1. The predicted octanol–water partition coefficient (Wildman–Crippen LogP) is 3.66. The molecule has 2 nitrogen and oxygen atoms in total. The van der Waals surface area contributed by atoms with Crippen LogP contribution in [0.4, 0.5) is 17.6 Å². The molecule has 0 amide bonds. The highest BCUT2D eigenvalue weighted by Crippen LogP contribution is 2.32. The molecule has 0 atom stereocenters. The van der Waals surface area contributed by atoms with Crippen LogP contribution in [0.3, 0.4) is 0 Å². The lowest BCUT2D eigenvalue weighted by molar-refractivity contribution is -0.138. The van der Waals surface area contributed by atoms with Crippen LogP contribution in [-0.4, -0.2) is 10.8 Å². The molecule has 0 aliphatic rings. The van der Waals surface area contributed by atoms with Crippen LogP contribution >= 0.6 is 0 Å². The van der Waals surface area contributed by atoms with E-state index in [2.05, 4.69) is 4.98 Å². The number of hydrogen-bond donors (Lipinski definition) is 0. The number of hydrogen-bond acceptors (Lipinski definition) is 2. The van der Waals surface area contributed by atoms with E-state index in [-0.39, 0.29) is 5.56 Å². The molecule has 2 rings (SSSR count). The van der Waals surface area contributed by atoms with Crippen molar-refractivity contribution >= 4 is 5.78 Å². The van der Waals surface area contributed by atoms with Gasteiger partial charge in [-0.3, -0.25) is 9.78 Å². The average molecular weight is 283 g/mol. The third kappa shape index (κ3) is 3.01. The van der Waals surface area contributed by atoms with E-state index >= 15 is 0 Å². The van der Waals surface area contributed by atoms with Gasteiger partial charge < -0.3 is 0 Å². The molecular weight excluding hydrogens is 274 g/mol. The van der Waals surface area contributed by atoms with Gasteiger partial charge in [0.1, 0.15) is 5.82 Å². The second-order valence-corrected chi connectivity index (χ2v) is 4.11. The third-order valence-electron chi connectivity index (χ3n) is 2.74. The molecule has 0 bridgehead atoms. The molecule has 0 radical (unpaired) electrons. The van der Waals surface area contributed by atoms with E-state index in [9.17, 15) is 22.4 Å². The molecule has 0 aliphatic carbocycles. The molecule has 104 valence electrons.